The van der Waals surface area contributed by atoms with Crippen molar-refractivity contribution in [2.75, 3.05) is 18.0 Å². The van der Waals surface area contributed by atoms with Gasteiger partial charge in [-0.1, -0.05) is 0 Å². The fraction of sp³-hybridized carbons (Fsp3) is 0.304. The second kappa shape index (κ2) is 6.74. The quantitative estimate of drug-likeness (QED) is 0.521. The van der Waals surface area contributed by atoms with Crippen molar-refractivity contribution in [2.24, 2.45) is 0 Å². The number of hydrogen-bond donors (Lipinski definition) is 1. The number of nitrogens with zero attached hydrogens (tertiary/aromatic N) is 2. The second-order valence-corrected chi connectivity index (χ2v) is 7.99. The predicted molar refractivity (Wildman–Crippen MR) is 114 cm³/mol. The van der Waals surface area contributed by atoms with Crippen molar-refractivity contribution in [1.29, 1.82) is 0 Å². The summed E-state index contributed by atoms with van der Waals surface area (Å²) in [5.74, 6) is 0.475. The minimum atomic E-state index is -0.410. The van der Waals surface area contributed by atoms with E-state index in [1.54, 1.807) is 6.07 Å². The van der Waals surface area contributed by atoms with Crippen LogP contribution in [-0.4, -0.2) is 30.2 Å². The Kier molecular flexibility index (Phi) is 4.17. The van der Waals surface area contributed by atoms with Gasteiger partial charge in [0.1, 0.15) is 22.4 Å². The molecule has 1 aliphatic rings. The Morgan fingerprint density at radius 2 is 1.79 bits per heavy atom. The van der Waals surface area contributed by atoms with Crippen molar-refractivity contribution in [3.8, 4) is 11.3 Å². The lowest BCUT2D eigenvalue weighted by Gasteiger charge is -2.37. The summed E-state index contributed by atoms with van der Waals surface area (Å²) in [5.41, 5.74) is 3.94. The molecular weight excluding hydrogens is 366 g/mol. The summed E-state index contributed by atoms with van der Waals surface area (Å²) in [6, 6.07) is 14.2. The van der Waals surface area contributed by atoms with E-state index in [4.69, 9.17) is 8.83 Å². The van der Waals surface area contributed by atoms with Crippen molar-refractivity contribution in [3.63, 3.8) is 0 Å². The Hall–Kier alpha value is -3.12. The average Bonchev–Trinajstić information content (AvgIpc) is 3.09. The van der Waals surface area contributed by atoms with Gasteiger partial charge in [0.05, 0.1) is 0 Å². The maximum absolute atomic E-state index is 12.7. The van der Waals surface area contributed by atoms with Crippen LogP contribution in [0.4, 0.5) is 5.69 Å². The zero-order valence-corrected chi connectivity index (χ0v) is 16.7. The average molecular weight is 389 g/mol. The summed E-state index contributed by atoms with van der Waals surface area (Å²) in [6.07, 6.45) is 0. The molecule has 0 spiro atoms. The Balaban J connectivity index is 1.55. The molecule has 1 fully saturated rings. The monoisotopic (exact) mass is 389 g/mol. The van der Waals surface area contributed by atoms with Crippen LogP contribution in [0.3, 0.4) is 0 Å². The van der Waals surface area contributed by atoms with Gasteiger partial charge in [0.25, 0.3) is 0 Å². The molecule has 2 atom stereocenters. The SMILES string of the molecule is Cc1ccc2oc(-c3cc4ccc(N5CC(C)NC(C)C5)cc4oc3=O)cc2n1. The lowest BCUT2D eigenvalue weighted by atomic mass is 10.1. The minimum absolute atomic E-state index is 0.408. The molecule has 3 aromatic heterocycles. The number of hydrogen-bond acceptors (Lipinski definition) is 6. The maximum atomic E-state index is 12.7. The number of furan rings is 1. The van der Waals surface area contributed by atoms with Crippen LogP contribution < -0.4 is 15.8 Å². The lowest BCUT2D eigenvalue weighted by molar-refractivity contribution is 0.407. The molecule has 29 heavy (non-hydrogen) atoms. The van der Waals surface area contributed by atoms with E-state index in [-0.39, 0.29) is 0 Å². The van der Waals surface area contributed by atoms with Gasteiger partial charge in [-0.05, 0) is 51.1 Å². The molecule has 0 amide bonds. The van der Waals surface area contributed by atoms with Crippen LogP contribution in [0.1, 0.15) is 19.5 Å². The van der Waals surface area contributed by atoms with Crippen LogP contribution in [0.2, 0.25) is 0 Å². The van der Waals surface area contributed by atoms with Crippen molar-refractivity contribution >= 4 is 27.8 Å². The Morgan fingerprint density at radius 3 is 2.59 bits per heavy atom. The zero-order chi connectivity index (χ0) is 20.1. The molecule has 0 aliphatic carbocycles. The van der Waals surface area contributed by atoms with Gasteiger partial charge in [-0.15, -0.1) is 0 Å². The van der Waals surface area contributed by atoms with E-state index >= 15 is 0 Å². The van der Waals surface area contributed by atoms with Gasteiger partial charge in [-0.3, -0.25) is 0 Å². The van der Waals surface area contributed by atoms with Gasteiger partial charge in [-0.2, -0.15) is 0 Å². The number of pyridine rings is 1. The number of benzene rings is 1. The molecule has 0 bridgehead atoms. The molecule has 2 unspecified atom stereocenters. The van der Waals surface area contributed by atoms with E-state index in [2.05, 4.69) is 35.1 Å². The highest BCUT2D eigenvalue weighted by molar-refractivity contribution is 5.86. The van der Waals surface area contributed by atoms with Crippen molar-refractivity contribution in [2.45, 2.75) is 32.9 Å². The number of rotatable bonds is 2. The summed E-state index contributed by atoms with van der Waals surface area (Å²) in [6.45, 7) is 8.13. The summed E-state index contributed by atoms with van der Waals surface area (Å²) in [7, 11) is 0. The first kappa shape index (κ1) is 17.9. The molecule has 148 valence electrons. The fourth-order valence-corrected chi connectivity index (χ4v) is 4.16. The third kappa shape index (κ3) is 3.29. The first-order valence-corrected chi connectivity index (χ1v) is 9.93. The first-order chi connectivity index (χ1) is 14.0. The largest absolute Gasteiger partial charge is 0.454 e. The van der Waals surface area contributed by atoms with Crippen LogP contribution in [0, 0.1) is 6.92 Å². The van der Waals surface area contributed by atoms with Crippen LogP contribution in [0.5, 0.6) is 0 Å². The van der Waals surface area contributed by atoms with Crippen LogP contribution in [0.25, 0.3) is 33.4 Å². The number of fused-ring (bicyclic) bond motifs is 2. The van der Waals surface area contributed by atoms with E-state index in [0.717, 1.165) is 35.4 Å². The molecular formula is C23H23N3O3. The molecule has 6 nitrogen and oxygen atoms in total. The maximum Gasteiger partial charge on any atom is 0.347 e. The van der Waals surface area contributed by atoms with E-state index in [9.17, 15) is 4.79 Å². The molecule has 6 heteroatoms. The molecule has 0 radical (unpaired) electrons. The van der Waals surface area contributed by atoms with Crippen molar-refractivity contribution < 1.29 is 8.83 Å². The van der Waals surface area contributed by atoms with Crippen LogP contribution in [0.15, 0.2) is 56.1 Å². The summed E-state index contributed by atoms with van der Waals surface area (Å²) in [4.78, 5) is 19.5. The van der Waals surface area contributed by atoms with Crippen molar-refractivity contribution in [1.82, 2.24) is 10.3 Å². The first-order valence-electron chi connectivity index (χ1n) is 9.93. The molecule has 5 rings (SSSR count). The summed E-state index contributed by atoms with van der Waals surface area (Å²) < 4.78 is 11.5. The van der Waals surface area contributed by atoms with Gasteiger partial charge in [0, 0.05) is 54.1 Å². The van der Waals surface area contributed by atoms with Crippen LogP contribution >= 0.6 is 0 Å². The van der Waals surface area contributed by atoms with E-state index in [0.29, 0.717) is 34.6 Å². The summed E-state index contributed by atoms with van der Waals surface area (Å²) in [5, 5.41) is 4.40. The number of anilines is 1. The number of aromatic nitrogens is 1. The zero-order valence-electron chi connectivity index (χ0n) is 16.7. The standard InChI is InChI=1S/C23H23N3O3/c1-13-4-7-20-19(25-13)10-22(28-20)18-8-16-5-6-17(9-21(16)29-23(18)27)26-11-14(2)24-15(3)12-26/h4-10,14-15,24H,11-12H2,1-3H3. The summed E-state index contributed by atoms with van der Waals surface area (Å²) >= 11 is 0. The third-order valence-corrected chi connectivity index (χ3v) is 5.42. The Bertz CT molecular complexity index is 1260. The molecule has 1 saturated heterocycles. The molecule has 1 N–H and O–H groups in total. The highest BCUT2D eigenvalue weighted by Gasteiger charge is 2.22. The third-order valence-electron chi connectivity index (χ3n) is 5.42. The number of aryl methyl sites for hydroxylation is 1. The van der Waals surface area contributed by atoms with E-state index in [1.807, 2.05) is 37.3 Å². The molecule has 0 saturated carbocycles. The Morgan fingerprint density at radius 1 is 1.00 bits per heavy atom. The highest BCUT2D eigenvalue weighted by atomic mass is 16.4. The smallest absolute Gasteiger partial charge is 0.347 e. The molecule has 1 aliphatic heterocycles. The molecule has 1 aromatic carbocycles. The number of nitrogens with one attached hydrogen (secondary N) is 1. The number of piperazine rings is 1. The minimum Gasteiger partial charge on any atom is -0.454 e. The lowest BCUT2D eigenvalue weighted by Crippen LogP contribution is -2.54. The highest BCUT2D eigenvalue weighted by Crippen LogP contribution is 2.29. The van der Waals surface area contributed by atoms with Gasteiger partial charge < -0.3 is 19.1 Å². The van der Waals surface area contributed by atoms with Gasteiger partial charge in [-0.25, -0.2) is 9.78 Å². The topological polar surface area (TPSA) is 71.5 Å². The predicted octanol–water partition coefficient (Wildman–Crippen LogP) is 4.10. The Labute approximate surface area is 168 Å². The van der Waals surface area contributed by atoms with Gasteiger partial charge >= 0.3 is 5.63 Å². The molecule has 4 aromatic rings. The molecule has 4 heterocycles. The second-order valence-electron chi connectivity index (χ2n) is 7.99. The van der Waals surface area contributed by atoms with Gasteiger partial charge in [0.2, 0.25) is 0 Å². The van der Waals surface area contributed by atoms with Crippen LogP contribution in [-0.2, 0) is 0 Å². The van der Waals surface area contributed by atoms with Gasteiger partial charge in [0.15, 0.2) is 5.58 Å². The van der Waals surface area contributed by atoms with Crippen molar-refractivity contribution in [3.05, 3.63) is 58.6 Å². The van der Waals surface area contributed by atoms with E-state index < -0.39 is 5.63 Å². The normalized spacial score (nSPS) is 19.9. The van der Waals surface area contributed by atoms with E-state index in [1.165, 1.54) is 0 Å². The fourth-order valence-electron chi connectivity index (χ4n) is 4.16.